The SMILES string of the molecule is CC1(NC(=O)c2ccc3c(c2)n(C2CC2)c(=O)n3-c2cccc(OC(F)F)c2)CCS(O)(O)CC1. The summed E-state index contributed by atoms with van der Waals surface area (Å²) in [7, 11) is -2.57. The molecule has 188 valence electrons. The molecule has 2 aromatic carbocycles. The highest BCUT2D eigenvalue weighted by Gasteiger charge is 2.35. The lowest BCUT2D eigenvalue weighted by atomic mass is 9.94. The van der Waals surface area contributed by atoms with Gasteiger partial charge in [0.05, 0.1) is 16.7 Å². The number of benzene rings is 2. The summed E-state index contributed by atoms with van der Waals surface area (Å²) in [4.78, 5) is 26.5. The second-order valence-electron chi connectivity index (χ2n) is 9.52. The first-order valence-electron chi connectivity index (χ1n) is 11.4. The number of aromatic nitrogens is 2. The van der Waals surface area contributed by atoms with Gasteiger partial charge >= 0.3 is 12.3 Å². The lowest BCUT2D eigenvalue weighted by molar-refractivity contribution is -0.0498. The van der Waals surface area contributed by atoms with E-state index in [9.17, 15) is 27.5 Å². The number of rotatable bonds is 6. The molecule has 11 heteroatoms. The third kappa shape index (κ3) is 4.80. The van der Waals surface area contributed by atoms with Crippen LogP contribution in [0.2, 0.25) is 0 Å². The molecule has 3 aromatic rings. The molecule has 0 radical (unpaired) electrons. The average molecular weight is 508 g/mol. The number of ether oxygens (including phenoxy) is 1. The summed E-state index contributed by atoms with van der Waals surface area (Å²) in [5, 5.41) is 3.03. The zero-order chi connectivity index (χ0) is 25.0. The maximum Gasteiger partial charge on any atom is 0.387 e. The van der Waals surface area contributed by atoms with Crippen molar-refractivity contribution in [1.82, 2.24) is 14.5 Å². The number of alkyl halides is 2. The molecule has 2 fully saturated rings. The number of hydrogen-bond donors (Lipinski definition) is 3. The molecule has 1 amide bonds. The van der Waals surface area contributed by atoms with E-state index in [2.05, 4.69) is 10.1 Å². The fourth-order valence-electron chi connectivity index (χ4n) is 4.57. The first-order valence-corrected chi connectivity index (χ1v) is 13.3. The summed E-state index contributed by atoms with van der Waals surface area (Å²) in [6, 6.07) is 11.0. The zero-order valence-corrected chi connectivity index (χ0v) is 19.9. The van der Waals surface area contributed by atoms with Crippen molar-refractivity contribution in [2.45, 2.75) is 50.8 Å². The Morgan fingerprint density at radius 2 is 1.86 bits per heavy atom. The summed E-state index contributed by atoms with van der Waals surface area (Å²) in [5.41, 5.74) is 1.07. The first kappa shape index (κ1) is 23.8. The second kappa shape index (κ2) is 8.65. The van der Waals surface area contributed by atoms with Crippen molar-refractivity contribution < 1.29 is 27.4 Å². The predicted molar refractivity (Wildman–Crippen MR) is 130 cm³/mol. The molecule has 2 heterocycles. The molecule has 1 aliphatic carbocycles. The summed E-state index contributed by atoms with van der Waals surface area (Å²) in [6.45, 7) is -1.09. The Hall–Kier alpha value is -2.89. The minimum atomic E-state index is -2.98. The van der Waals surface area contributed by atoms with Crippen LogP contribution in [0.15, 0.2) is 47.3 Å². The Kier molecular flexibility index (Phi) is 5.89. The maximum atomic E-state index is 13.4. The van der Waals surface area contributed by atoms with Gasteiger partial charge in [0.2, 0.25) is 0 Å². The maximum absolute atomic E-state index is 13.4. The van der Waals surface area contributed by atoms with Gasteiger partial charge in [-0.3, -0.25) is 23.0 Å². The Bertz CT molecular complexity index is 1340. The van der Waals surface area contributed by atoms with Gasteiger partial charge in [-0.2, -0.15) is 19.4 Å². The Labute approximate surface area is 201 Å². The fraction of sp³-hybridized carbons (Fsp3) is 0.417. The molecule has 0 atom stereocenters. The average Bonchev–Trinajstić information content (AvgIpc) is 3.58. The number of fused-ring (bicyclic) bond motifs is 1. The molecule has 1 saturated carbocycles. The largest absolute Gasteiger partial charge is 0.435 e. The molecule has 2 aliphatic rings. The van der Waals surface area contributed by atoms with Crippen molar-refractivity contribution in [3.8, 4) is 11.4 Å². The van der Waals surface area contributed by atoms with Crippen LogP contribution in [-0.2, 0) is 0 Å². The normalized spacial score (nSPS) is 20.1. The quantitative estimate of drug-likeness (QED) is 0.446. The van der Waals surface area contributed by atoms with Crippen LogP contribution < -0.4 is 15.7 Å². The lowest BCUT2D eigenvalue weighted by Crippen LogP contribution is -2.50. The number of amides is 1. The van der Waals surface area contributed by atoms with Crippen LogP contribution in [0.5, 0.6) is 5.75 Å². The molecule has 1 aromatic heterocycles. The number of nitrogens with one attached hydrogen (secondary N) is 1. The lowest BCUT2D eigenvalue weighted by Gasteiger charge is -2.44. The monoisotopic (exact) mass is 507 g/mol. The topological polar surface area (TPSA) is 106 Å². The minimum absolute atomic E-state index is 0.0196. The van der Waals surface area contributed by atoms with Crippen LogP contribution in [0, 0.1) is 0 Å². The summed E-state index contributed by atoms with van der Waals surface area (Å²) in [5.74, 6) is 0.148. The van der Waals surface area contributed by atoms with Gasteiger partial charge in [0.1, 0.15) is 5.75 Å². The Morgan fingerprint density at radius 3 is 2.51 bits per heavy atom. The van der Waals surface area contributed by atoms with Crippen molar-refractivity contribution in [3.63, 3.8) is 0 Å². The van der Waals surface area contributed by atoms with E-state index in [1.165, 1.54) is 16.7 Å². The van der Waals surface area contributed by atoms with E-state index in [-0.39, 0.29) is 34.9 Å². The van der Waals surface area contributed by atoms with Gasteiger partial charge < -0.3 is 10.1 Å². The van der Waals surface area contributed by atoms with E-state index in [0.29, 0.717) is 35.1 Å². The standard InChI is InChI=1S/C24H27F2N3O5S/c1-24(9-11-35(32,33)12-10-24)27-21(30)15-5-8-19-20(13-15)28(16-6-7-16)23(31)29(19)17-3-2-4-18(14-17)34-22(25)26/h2-5,8,13-14,16,22,32-33H,6-7,9-12H2,1H3,(H,27,30). The molecular weight excluding hydrogens is 480 g/mol. The van der Waals surface area contributed by atoms with E-state index in [0.717, 1.165) is 12.8 Å². The number of carbonyl (C=O) groups excluding carboxylic acids is 1. The van der Waals surface area contributed by atoms with E-state index in [1.807, 2.05) is 6.92 Å². The summed E-state index contributed by atoms with van der Waals surface area (Å²) < 4.78 is 52.8. The van der Waals surface area contributed by atoms with Crippen molar-refractivity contribution in [3.05, 3.63) is 58.5 Å². The fourth-order valence-corrected chi connectivity index (χ4v) is 6.33. The number of hydrogen-bond acceptors (Lipinski definition) is 5. The molecule has 35 heavy (non-hydrogen) atoms. The van der Waals surface area contributed by atoms with E-state index in [4.69, 9.17) is 0 Å². The van der Waals surface area contributed by atoms with E-state index >= 15 is 0 Å². The summed E-state index contributed by atoms with van der Waals surface area (Å²) in [6.07, 6.45) is 2.61. The predicted octanol–water partition coefficient (Wildman–Crippen LogP) is 4.76. The number of nitrogens with zero attached hydrogens (tertiary/aromatic N) is 2. The molecule has 8 nitrogen and oxygen atoms in total. The van der Waals surface area contributed by atoms with Crippen LogP contribution in [0.25, 0.3) is 16.7 Å². The molecule has 1 saturated heterocycles. The van der Waals surface area contributed by atoms with E-state index < -0.39 is 22.7 Å². The highest BCUT2D eigenvalue weighted by molar-refractivity contribution is 8.24. The van der Waals surface area contributed by atoms with Crippen molar-refractivity contribution >= 4 is 27.5 Å². The highest BCUT2D eigenvalue weighted by atomic mass is 32.3. The van der Waals surface area contributed by atoms with Crippen LogP contribution >= 0.6 is 10.6 Å². The van der Waals surface area contributed by atoms with Crippen LogP contribution in [0.3, 0.4) is 0 Å². The van der Waals surface area contributed by atoms with Gasteiger partial charge in [-0.1, -0.05) is 6.07 Å². The Balaban J connectivity index is 1.51. The second-order valence-corrected chi connectivity index (χ2v) is 11.9. The number of carbonyl (C=O) groups is 1. The van der Waals surface area contributed by atoms with Crippen LogP contribution in [0.1, 0.15) is 49.0 Å². The van der Waals surface area contributed by atoms with Gasteiger partial charge in [0, 0.05) is 34.7 Å². The third-order valence-corrected chi connectivity index (χ3v) is 8.44. The molecular formula is C24H27F2N3O5S. The number of halogens is 2. The zero-order valence-electron chi connectivity index (χ0n) is 19.1. The molecule has 0 bridgehead atoms. The van der Waals surface area contributed by atoms with Gasteiger partial charge in [-0.25, -0.2) is 4.79 Å². The smallest absolute Gasteiger partial charge is 0.387 e. The van der Waals surface area contributed by atoms with E-state index in [1.54, 1.807) is 34.9 Å². The van der Waals surface area contributed by atoms with Gasteiger partial charge in [0.15, 0.2) is 0 Å². The van der Waals surface area contributed by atoms with Gasteiger partial charge in [-0.15, -0.1) is 0 Å². The van der Waals surface area contributed by atoms with Crippen molar-refractivity contribution in [2.24, 2.45) is 0 Å². The molecule has 0 spiro atoms. The van der Waals surface area contributed by atoms with Crippen molar-refractivity contribution in [1.29, 1.82) is 0 Å². The van der Waals surface area contributed by atoms with Crippen LogP contribution in [-0.4, -0.2) is 47.8 Å². The first-order chi connectivity index (χ1) is 16.6. The molecule has 3 N–H and O–H groups in total. The Morgan fingerprint density at radius 1 is 1.14 bits per heavy atom. The van der Waals surface area contributed by atoms with Gasteiger partial charge in [0.25, 0.3) is 5.91 Å². The van der Waals surface area contributed by atoms with Crippen LogP contribution in [0.4, 0.5) is 8.78 Å². The summed E-state index contributed by atoms with van der Waals surface area (Å²) >= 11 is 0. The molecule has 0 unspecified atom stereocenters. The third-order valence-electron chi connectivity index (χ3n) is 6.73. The number of imidazole rings is 1. The molecule has 1 aliphatic heterocycles. The minimum Gasteiger partial charge on any atom is -0.435 e. The van der Waals surface area contributed by atoms with Crippen molar-refractivity contribution in [2.75, 3.05) is 11.5 Å². The molecule has 5 rings (SSSR count). The van der Waals surface area contributed by atoms with Gasteiger partial charge in [-0.05, 0) is 62.9 Å². The highest BCUT2D eigenvalue weighted by Crippen LogP contribution is 2.47.